The first-order chi connectivity index (χ1) is 8.16. The van der Waals surface area contributed by atoms with Crippen LogP contribution in [0.4, 0.5) is 0 Å². The Hall–Kier alpha value is -0.870. The van der Waals surface area contributed by atoms with E-state index in [9.17, 15) is 9.90 Å². The summed E-state index contributed by atoms with van der Waals surface area (Å²) in [6.45, 7) is 1.24. The summed E-state index contributed by atoms with van der Waals surface area (Å²) in [5.74, 6) is 0.0932. The molecular weight excluding hydrogens is 282 g/mol. The lowest BCUT2D eigenvalue weighted by molar-refractivity contribution is -0.133. The average Bonchev–Trinajstić information content (AvgIpc) is 2.32. The number of rotatable bonds is 2. The van der Waals surface area contributed by atoms with Crippen molar-refractivity contribution >= 4 is 21.8 Å². The molecule has 1 fully saturated rings. The van der Waals surface area contributed by atoms with Crippen molar-refractivity contribution in [1.29, 1.82) is 0 Å². The van der Waals surface area contributed by atoms with Crippen LogP contribution in [-0.4, -0.2) is 35.1 Å². The summed E-state index contributed by atoms with van der Waals surface area (Å²) >= 11 is 3.44. The van der Waals surface area contributed by atoms with Gasteiger partial charge in [-0.15, -0.1) is 0 Å². The summed E-state index contributed by atoms with van der Waals surface area (Å²) in [5.41, 5.74) is 0.998. The molecule has 1 aliphatic rings. The van der Waals surface area contributed by atoms with Gasteiger partial charge >= 0.3 is 0 Å². The molecule has 1 atom stereocenters. The van der Waals surface area contributed by atoms with Gasteiger partial charge < -0.3 is 10.0 Å². The van der Waals surface area contributed by atoms with Crippen LogP contribution in [0.25, 0.3) is 0 Å². The van der Waals surface area contributed by atoms with Crippen molar-refractivity contribution in [3.63, 3.8) is 0 Å². The Balaban J connectivity index is 1.99. The number of carbonyl (C=O) groups is 1. The maximum atomic E-state index is 12.1. The highest BCUT2D eigenvalue weighted by Crippen LogP contribution is 2.18. The minimum Gasteiger partial charge on any atom is -0.391 e. The number of hydrogen-bond acceptors (Lipinski definition) is 2. The Morgan fingerprint density at radius 1 is 1.47 bits per heavy atom. The minimum absolute atomic E-state index is 0.0932. The Morgan fingerprint density at radius 3 is 2.94 bits per heavy atom. The summed E-state index contributed by atoms with van der Waals surface area (Å²) in [4.78, 5) is 13.8. The van der Waals surface area contributed by atoms with Crippen molar-refractivity contribution in [1.82, 2.24) is 4.90 Å². The van der Waals surface area contributed by atoms with Gasteiger partial charge in [0.1, 0.15) is 0 Å². The lowest BCUT2D eigenvalue weighted by Gasteiger charge is -2.30. The Labute approximate surface area is 110 Å². The zero-order chi connectivity index (χ0) is 12.3. The average molecular weight is 298 g/mol. The fraction of sp³-hybridized carbons (Fsp3) is 0.462. The van der Waals surface area contributed by atoms with E-state index in [0.717, 1.165) is 29.4 Å². The molecular formula is C13H16BrNO2. The second-order valence-electron chi connectivity index (χ2n) is 4.40. The maximum Gasteiger partial charge on any atom is 0.227 e. The number of β-amino-alcohol motifs (C(OH)–C–C–N with tert-alkyl or cyclic N) is 1. The number of likely N-dealkylation sites (tertiary alicyclic amines) is 1. The maximum absolute atomic E-state index is 12.1. The fourth-order valence-electron chi connectivity index (χ4n) is 2.10. The Kier molecular flexibility index (Phi) is 4.18. The van der Waals surface area contributed by atoms with Crippen LogP contribution in [-0.2, 0) is 11.2 Å². The minimum atomic E-state index is -0.355. The van der Waals surface area contributed by atoms with E-state index in [-0.39, 0.29) is 12.0 Å². The van der Waals surface area contributed by atoms with Crippen LogP contribution < -0.4 is 0 Å². The van der Waals surface area contributed by atoms with E-state index in [1.54, 1.807) is 4.90 Å². The van der Waals surface area contributed by atoms with Gasteiger partial charge in [0.15, 0.2) is 0 Å². The number of nitrogens with zero attached hydrogens (tertiary/aromatic N) is 1. The van der Waals surface area contributed by atoms with Crippen molar-refractivity contribution in [3.8, 4) is 0 Å². The van der Waals surface area contributed by atoms with E-state index in [4.69, 9.17) is 0 Å². The molecule has 1 aliphatic heterocycles. The van der Waals surface area contributed by atoms with Crippen LogP contribution in [0.3, 0.4) is 0 Å². The number of piperidine rings is 1. The molecule has 0 bridgehead atoms. The zero-order valence-corrected chi connectivity index (χ0v) is 11.2. The van der Waals surface area contributed by atoms with Gasteiger partial charge in [-0.3, -0.25) is 4.79 Å². The summed E-state index contributed by atoms with van der Waals surface area (Å²) in [6.07, 6.45) is 1.74. The van der Waals surface area contributed by atoms with Crippen LogP contribution in [0.15, 0.2) is 28.7 Å². The number of benzene rings is 1. The van der Waals surface area contributed by atoms with Gasteiger partial charge in [-0.25, -0.2) is 0 Å². The highest BCUT2D eigenvalue weighted by Gasteiger charge is 2.22. The number of halogens is 1. The standard InChI is InChI=1S/C13H16BrNO2/c14-12-6-2-1-4-10(12)8-13(17)15-7-3-5-11(16)9-15/h1-2,4,6,11,16H,3,5,7-9H2. The van der Waals surface area contributed by atoms with Crippen molar-refractivity contribution in [3.05, 3.63) is 34.3 Å². The number of aliphatic hydroxyl groups is 1. The first-order valence-electron chi connectivity index (χ1n) is 5.86. The molecule has 1 saturated heterocycles. The topological polar surface area (TPSA) is 40.5 Å². The Bertz CT molecular complexity index is 408. The third-order valence-corrected chi connectivity index (χ3v) is 3.82. The van der Waals surface area contributed by atoms with E-state index in [1.807, 2.05) is 24.3 Å². The number of carbonyl (C=O) groups excluding carboxylic acids is 1. The molecule has 0 aromatic heterocycles. The van der Waals surface area contributed by atoms with Crippen LogP contribution in [0.5, 0.6) is 0 Å². The summed E-state index contributed by atoms with van der Waals surface area (Å²) in [7, 11) is 0. The van der Waals surface area contributed by atoms with Crippen LogP contribution in [0.1, 0.15) is 18.4 Å². The van der Waals surface area contributed by atoms with Gasteiger partial charge in [-0.2, -0.15) is 0 Å². The van der Waals surface area contributed by atoms with E-state index in [1.165, 1.54) is 0 Å². The molecule has 0 saturated carbocycles. The monoisotopic (exact) mass is 297 g/mol. The van der Waals surface area contributed by atoms with Gasteiger partial charge in [0.2, 0.25) is 5.91 Å². The quantitative estimate of drug-likeness (QED) is 0.907. The predicted molar refractivity (Wildman–Crippen MR) is 69.7 cm³/mol. The lowest BCUT2D eigenvalue weighted by atomic mass is 10.1. The first-order valence-corrected chi connectivity index (χ1v) is 6.65. The summed E-state index contributed by atoms with van der Waals surface area (Å²) in [5, 5.41) is 9.55. The third kappa shape index (κ3) is 3.30. The van der Waals surface area contributed by atoms with E-state index >= 15 is 0 Å². The van der Waals surface area contributed by atoms with Crippen molar-refractivity contribution < 1.29 is 9.90 Å². The van der Waals surface area contributed by atoms with Crippen LogP contribution in [0.2, 0.25) is 0 Å². The first kappa shape index (κ1) is 12.6. The number of hydrogen-bond donors (Lipinski definition) is 1. The molecule has 1 amide bonds. The van der Waals surface area contributed by atoms with Crippen molar-refractivity contribution in [2.24, 2.45) is 0 Å². The molecule has 1 aromatic carbocycles. The second-order valence-corrected chi connectivity index (χ2v) is 5.26. The van der Waals surface area contributed by atoms with Crippen LogP contribution in [0, 0.1) is 0 Å². The molecule has 1 N–H and O–H groups in total. The van der Waals surface area contributed by atoms with Gasteiger partial charge in [-0.05, 0) is 24.5 Å². The molecule has 0 spiro atoms. The molecule has 0 aliphatic carbocycles. The molecule has 3 nitrogen and oxygen atoms in total. The highest BCUT2D eigenvalue weighted by molar-refractivity contribution is 9.10. The summed E-state index contributed by atoms with van der Waals surface area (Å²) in [6, 6.07) is 7.75. The van der Waals surface area contributed by atoms with E-state index < -0.39 is 0 Å². The Morgan fingerprint density at radius 2 is 2.24 bits per heavy atom. The second kappa shape index (κ2) is 5.65. The molecule has 2 rings (SSSR count). The number of amides is 1. The van der Waals surface area contributed by atoms with Gasteiger partial charge in [0, 0.05) is 17.6 Å². The zero-order valence-electron chi connectivity index (χ0n) is 9.60. The van der Waals surface area contributed by atoms with E-state index in [0.29, 0.717) is 13.0 Å². The summed E-state index contributed by atoms with van der Waals surface area (Å²) < 4.78 is 0.964. The normalized spacial score (nSPS) is 20.4. The molecule has 1 aromatic rings. The third-order valence-electron chi connectivity index (χ3n) is 3.05. The molecule has 1 heterocycles. The molecule has 4 heteroatoms. The number of aliphatic hydroxyl groups excluding tert-OH is 1. The smallest absolute Gasteiger partial charge is 0.227 e. The van der Waals surface area contributed by atoms with Gasteiger partial charge in [0.05, 0.1) is 12.5 Å². The van der Waals surface area contributed by atoms with Crippen molar-refractivity contribution in [2.45, 2.75) is 25.4 Å². The van der Waals surface area contributed by atoms with E-state index in [2.05, 4.69) is 15.9 Å². The predicted octanol–water partition coefficient (Wildman–Crippen LogP) is 1.97. The van der Waals surface area contributed by atoms with Crippen LogP contribution >= 0.6 is 15.9 Å². The van der Waals surface area contributed by atoms with Crippen molar-refractivity contribution in [2.75, 3.05) is 13.1 Å². The van der Waals surface area contributed by atoms with Gasteiger partial charge in [-0.1, -0.05) is 34.1 Å². The molecule has 92 valence electrons. The highest BCUT2D eigenvalue weighted by atomic mass is 79.9. The SMILES string of the molecule is O=C(Cc1ccccc1Br)N1CCCC(O)C1. The molecule has 0 radical (unpaired) electrons. The largest absolute Gasteiger partial charge is 0.391 e. The fourth-order valence-corrected chi connectivity index (χ4v) is 2.52. The molecule has 17 heavy (non-hydrogen) atoms. The molecule has 1 unspecified atom stereocenters. The van der Waals surface area contributed by atoms with Gasteiger partial charge in [0.25, 0.3) is 0 Å². The lowest BCUT2D eigenvalue weighted by Crippen LogP contribution is -2.42.